The predicted octanol–water partition coefficient (Wildman–Crippen LogP) is 17.6. The van der Waals surface area contributed by atoms with E-state index in [1.165, 1.54) is 142 Å². The van der Waals surface area contributed by atoms with Gasteiger partial charge >= 0.3 is 0 Å². The van der Waals surface area contributed by atoms with Gasteiger partial charge in [-0.2, -0.15) is 0 Å². The van der Waals surface area contributed by atoms with Crippen molar-refractivity contribution in [3.63, 3.8) is 0 Å². The molecule has 0 amide bonds. The topological polar surface area (TPSA) is 12.0 Å². The number of aryl methyl sites for hydroxylation is 2. The lowest BCUT2D eigenvalue weighted by Crippen LogP contribution is -2.44. The summed E-state index contributed by atoms with van der Waals surface area (Å²) >= 11 is 0. The summed E-state index contributed by atoms with van der Waals surface area (Å²) < 4.78 is 0. The number of nitrogens with one attached hydrogen (secondary N) is 1. The molecule has 1 atom stereocenters. The Hall–Kier alpha value is -4.82. The van der Waals surface area contributed by atoms with Crippen LogP contribution >= 0.6 is 0 Å². The van der Waals surface area contributed by atoms with E-state index in [-0.39, 0.29) is 38.4 Å². The Morgan fingerprint density at radius 2 is 1.01 bits per heavy atom. The van der Waals surface area contributed by atoms with Crippen molar-refractivity contribution in [2.24, 2.45) is 0 Å². The van der Waals surface area contributed by atoms with Crippen LogP contribution in [0.1, 0.15) is 221 Å². The van der Waals surface area contributed by atoms with Crippen molar-refractivity contribution in [1.82, 2.24) is 0 Å². The van der Waals surface area contributed by atoms with Crippen molar-refractivity contribution in [1.29, 1.82) is 0 Å². The Morgan fingerprint density at radius 1 is 0.493 bits per heavy atom. The minimum atomic E-state index is 0.0654. The van der Waals surface area contributed by atoms with Crippen LogP contribution in [0.5, 0.6) is 0 Å². The molecule has 0 saturated heterocycles. The minimum absolute atomic E-state index is 0.0654. The summed E-state index contributed by atoms with van der Waals surface area (Å²) in [5.41, 5.74) is 27.8. The van der Waals surface area contributed by atoms with Crippen molar-refractivity contribution >= 4 is 29.6 Å². The van der Waals surface area contributed by atoms with Crippen LogP contribution in [0.3, 0.4) is 0 Å². The van der Waals surface area contributed by atoms with E-state index in [4.69, 9.17) is 0 Å². The first-order valence-electron chi connectivity index (χ1n) is 27.9. The fraction of sp³-hybridized carbons (Fsp3) is 0.478. The van der Waals surface area contributed by atoms with Crippen LogP contribution in [0, 0.1) is 6.92 Å². The number of anilines is 2. The Labute approximate surface area is 431 Å². The van der Waals surface area contributed by atoms with Crippen LogP contribution in [0.2, 0.25) is 0 Å². The van der Waals surface area contributed by atoms with Crippen molar-refractivity contribution < 1.29 is 0 Å². The number of benzene rings is 6. The van der Waals surface area contributed by atoms with Gasteiger partial charge in [0.25, 0.3) is 0 Å². The Morgan fingerprint density at radius 3 is 1.61 bits per heavy atom. The maximum atomic E-state index is 4.12. The summed E-state index contributed by atoms with van der Waals surface area (Å²) in [6.45, 7) is 34.7. The number of unbranched alkanes of at least 4 members (excludes halogenated alkanes) is 3. The minimum Gasteiger partial charge on any atom is -0.355 e. The lowest BCUT2D eigenvalue weighted by Gasteiger charge is -2.44. The predicted molar refractivity (Wildman–Crippen MR) is 309 cm³/mol. The van der Waals surface area contributed by atoms with Crippen molar-refractivity contribution in [3.8, 4) is 22.3 Å². The van der Waals surface area contributed by atoms with Gasteiger partial charge in [0, 0.05) is 22.9 Å². The average Bonchev–Trinajstić information content (AvgIpc) is 3.33. The van der Waals surface area contributed by atoms with Gasteiger partial charge in [-0.1, -0.05) is 199 Å². The molecular weight excluding hydrogens is 854 g/mol. The molecule has 10 rings (SSSR count). The fourth-order valence-corrected chi connectivity index (χ4v) is 13.6. The van der Waals surface area contributed by atoms with Crippen LogP contribution < -0.4 is 16.2 Å². The molecule has 1 N–H and O–H groups in total. The molecule has 0 saturated carbocycles. The number of hydrogen-bond donors (Lipinski definition) is 1. The van der Waals surface area contributed by atoms with Crippen LogP contribution in [0.25, 0.3) is 22.3 Å². The SMILES string of the molecule is CCCCCCc1cc(-c2cc3c(cc2Nc2ccc(-c4ccccc4)cc2)C(C)(C)CCC3(C)C)c2c(c1)C(Cc1cc3c(cc1C)C(C)(C)CCC3(C)C)c1cc3c(cc1[B]2)C(C)(C)CCC3(C)C. The summed E-state index contributed by atoms with van der Waals surface area (Å²) in [5, 5.41) is 4.12. The first-order chi connectivity index (χ1) is 33.5. The Bertz CT molecular complexity index is 2990. The molecule has 1 radical (unpaired) electrons. The molecule has 6 aromatic carbocycles. The first-order valence-corrected chi connectivity index (χ1v) is 27.9. The monoisotopic (exact) mass is 939 g/mol. The molecule has 1 nitrogen and oxygen atoms in total. The van der Waals surface area contributed by atoms with Crippen molar-refractivity contribution in [2.75, 3.05) is 5.32 Å². The number of hydrogen-bond acceptors (Lipinski definition) is 1. The van der Waals surface area contributed by atoms with Gasteiger partial charge < -0.3 is 5.32 Å². The van der Waals surface area contributed by atoms with E-state index in [1.54, 1.807) is 22.3 Å². The van der Waals surface area contributed by atoms with Crippen LogP contribution in [-0.2, 0) is 45.3 Å². The van der Waals surface area contributed by atoms with Gasteiger partial charge in [-0.05, 0) is 199 Å². The maximum absolute atomic E-state index is 4.12. The molecule has 0 aromatic heterocycles. The van der Waals surface area contributed by atoms with E-state index >= 15 is 0 Å². The third-order valence-corrected chi connectivity index (χ3v) is 19.0. The maximum Gasteiger partial charge on any atom is 0.193 e. The smallest absolute Gasteiger partial charge is 0.193 e. The quantitative estimate of drug-likeness (QED) is 0.101. The molecule has 0 fully saturated rings. The molecule has 6 aromatic rings. The van der Waals surface area contributed by atoms with E-state index in [0.29, 0.717) is 0 Å². The van der Waals surface area contributed by atoms with E-state index < -0.39 is 0 Å². The zero-order valence-corrected chi connectivity index (χ0v) is 46.5. The lowest BCUT2D eigenvalue weighted by molar-refractivity contribution is 0.331. The van der Waals surface area contributed by atoms with E-state index in [0.717, 1.165) is 18.5 Å². The molecule has 0 bridgehead atoms. The van der Waals surface area contributed by atoms with Crippen molar-refractivity contribution in [2.45, 2.75) is 212 Å². The average molecular weight is 939 g/mol. The molecule has 1 unspecified atom stereocenters. The van der Waals surface area contributed by atoms with Gasteiger partial charge in [-0.15, -0.1) is 0 Å². The highest BCUT2D eigenvalue weighted by Crippen LogP contribution is 2.52. The van der Waals surface area contributed by atoms with Gasteiger partial charge in [0.1, 0.15) is 0 Å². The fourth-order valence-electron chi connectivity index (χ4n) is 13.6. The molecule has 71 heavy (non-hydrogen) atoms. The zero-order chi connectivity index (χ0) is 50.5. The highest BCUT2D eigenvalue weighted by Gasteiger charge is 2.43. The van der Waals surface area contributed by atoms with Crippen LogP contribution in [0.4, 0.5) is 11.4 Å². The largest absolute Gasteiger partial charge is 0.355 e. The van der Waals surface area contributed by atoms with Gasteiger partial charge in [-0.25, -0.2) is 0 Å². The highest BCUT2D eigenvalue weighted by molar-refractivity contribution is 6.70. The molecule has 369 valence electrons. The standard InChI is InChI=1S/C69H85BN/c1-15-16-17-19-22-45-36-53-50(38-48-39-56-55(35-44(48)2)64(3,4)29-30-65(56,5)6)51-40-57-59(68(11,12)33-31-66(57,7)8)42-61(51)70-63(53)54(37-45)52-41-58-60(69(13,14)34-32-67(58,9)10)43-62(52)71-49-27-25-47(26-28-49)46-23-20-18-21-24-46/h18,20-21,23-28,35-37,39-43,50,71H,15-17,19,22,29-34,38H2,1-14H3. The second kappa shape index (κ2) is 18.0. The highest BCUT2D eigenvalue weighted by atomic mass is 14.9. The summed E-state index contributed by atoms with van der Waals surface area (Å²) in [6, 6.07) is 41.2. The van der Waals surface area contributed by atoms with Crippen molar-refractivity contribution in [3.05, 3.63) is 164 Å². The summed E-state index contributed by atoms with van der Waals surface area (Å²) in [5.74, 6) is 0.219. The van der Waals surface area contributed by atoms with Gasteiger partial charge in [-0.3, -0.25) is 0 Å². The Balaban J connectivity index is 1.22. The van der Waals surface area contributed by atoms with Crippen LogP contribution in [0.15, 0.2) is 103 Å². The third kappa shape index (κ3) is 9.20. The molecule has 1 aliphatic heterocycles. The summed E-state index contributed by atoms with van der Waals surface area (Å²) in [7, 11) is 2.65. The van der Waals surface area contributed by atoms with Crippen LogP contribution in [-0.4, -0.2) is 7.28 Å². The Kier molecular flexibility index (Phi) is 12.6. The van der Waals surface area contributed by atoms with E-state index in [2.05, 4.69) is 213 Å². The number of fused-ring (bicyclic) bond motifs is 5. The second-order valence-corrected chi connectivity index (χ2v) is 27.0. The second-order valence-electron chi connectivity index (χ2n) is 27.0. The number of rotatable bonds is 11. The molecule has 2 heteroatoms. The third-order valence-electron chi connectivity index (χ3n) is 19.0. The normalized spacial score (nSPS) is 20.3. The summed E-state index contributed by atoms with van der Waals surface area (Å²) in [6.07, 6.45) is 14.4. The molecule has 3 aliphatic carbocycles. The summed E-state index contributed by atoms with van der Waals surface area (Å²) in [4.78, 5) is 0. The molecule has 1 heterocycles. The van der Waals surface area contributed by atoms with E-state index in [9.17, 15) is 0 Å². The molecular formula is C69H85BN. The molecule has 0 spiro atoms. The van der Waals surface area contributed by atoms with Gasteiger partial charge in [0.2, 0.25) is 0 Å². The van der Waals surface area contributed by atoms with Gasteiger partial charge in [0.05, 0.1) is 0 Å². The zero-order valence-electron chi connectivity index (χ0n) is 46.5. The first kappa shape index (κ1) is 49.7. The van der Waals surface area contributed by atoms with Gasteiger partial charge in [0.15, 0.2) is 7.28 Å². The lowest BCUT2D eigenvalue weighted by atomic mass is 9.50. The molecule has 4 aliphatic rings. The van der Waals surface area contributed by atoms with E-state index in [1.807, 2.05) is 0 Å².